The number of rotatable bonds is 4. The molecule has 11 heavy (non-hydrogen) atoms. The molecule has 6 heteroatoms. The van der Waals surface area contributed by atoms with Crippen LogP contribution in [0.1, 0.15) is 6.42 Å². The minimum atomic E-state index is 0.476. The predicted octanol–water partition coefficient (Wildman–Crippen LogP) is -0.601. The Balaban J connectivity index is 2.18. The Morgan fingerprint density at radius 2 is 2.55 bits per heavy atom. The van der Waals surface area contributed by atoms with Gasteiger partial charge in [-0.2, -0.15) is 0 Å². The van der Waals surface area contributed by atoms with E-state index in [0.717, 1.165) is 6.42 Å². The Kier molecular flexibility index (Phi) is 2.95. The van der Waals surface area contributed by atoms with E-state index in [4.69, 9.17) is 0 Å². The average Bonchev–Trinajstić information content (AvgIpc) is 2.50. The molecule has 1 heterocycles. The van der Waals surface area contributed by atoms with Crippen LogP contribution >= 0.6 is 0 Å². The predicted molar refractivity (Wildman–Crippen MR) is 35.4 cm³/mol. The Morgan fingerprint density at radius 1 is 1.64 bits per heavy atom. The molecule has 0 unspecified atom stereocenters. The number of aromatic nitrogens is 4. The molecular weight excluding hydrogens is 146 g/mol. The van der Waals surface area contributed by atoms with Crippen LogP contribution in [0.2, 0.25) is 0 Å². The van der Waals surface area contributed by atoms with E-state index in [0.29, 0.717) is 13.1 Å². The van der Waals surface area contributed by atoms with Crippen LogP contribution in [0, 0.1) is 0 Å². The SMILES string of the molecule is O=C=NCCCn1cnnn1. The highest BCUT2D eigenvalue weighted by molar-refractivity contribution is 5.32. The molecule has 0 N–H and O–H groups in total. The molecule has 0 aliphatic rings. The second-order valence-corrected chi connectivity index (χ2v) is 1.90. The molecule has 0 atom stereocenters. The van der Waals surface area contributed by atoms with E-state index in [9.17, 15) is 4.79 Å². The molecule has 58 valence electrons. The lowest BCUT2D eigenvalue weighted by atomic mass is 10.4. The van der Waals surface area contributed by atoms with Gasteiger partial charge in [0.2, 0.25) is 6.08 Å². The van der Waals surface area contributed by atoms with Crippen LogP contribution in [0.4, 0.5) is 0 Å². The summed E-state index contributed by atoms with van der Waals surface area (Å²) in [6.45, 7) is 1.15. The van der Waals surface area contributed by atoms with Gasteiger partial charge < -0.3 is 0 Å². The zero-order chi connectivity index (χ0) is 7.94. The minimum absolute atomic E-state index is 0.476. The van der Waals surface area contributed by atoms with Crippen LogP contribution in [-0.4, -0.2) is 32.8 Å². The fourth-order valence-electron chi connectivity index (χ4n) is 0.640. The van der Waals surface area contributed by atoms with E-state index < -0.39 is 0 Å². The molecule has 0 saturated carbocycles. The summed E-state index contributed by atoms with van der Waals surface area (Å²) in [7, 11) is 0. The maximum atomic E-state index is 9.63. The molecule has 0 spiro atoms. The van der Waals surface area contributed by atoms with Crippen molar-refractivity contribution >= 4 is 6.08 Å². The van der Waals surface area contributed by atoms with Crippen molar-refractivity contribution in [2.24, 2.45) is 4.99 Å². The summed E-state index contributed by atoms with van der Waals surface area (Å²) in [6, 6.07) is 0. The van der Waals surface area contributed by atoms with E-state index in [1.807, 2.05) is 0 Å². The molecule has 0 aliphatic heterocycles. The Hall–Kier alpha value is -1.55. The van der Waals surface area contributed by atoms with E-state index in [2.05, 4.69) is 20.5 Å². The summed E-state index contributed by atoms with van der Waals surface area (Å²) in [5.41, 5.74) is 0. The van der Waals surface area contributed by atoms with Gasteiger partial charge in [0.05, 0.1) is 6.54 Å². The van der Waals surface area contributed by atoms with Crippen molar-refractivity contribution in [1.29, 1.82) is 0 Å². The summed E-state index contributed by atoms with van der Waals surface area (Å²) in [5, 5.41) is 10.5. The lowest BCUT2D eigenvalue weighted by Gasteiger charge is -1.92. The Bertz CT molecular complexity index is 237. The van der Waals surface area contributed by atoms with Gasteiger partial charge in [-0.15, -0.1) is 5.10 Å². The lowest BCUT2D eigenvalue weighted by Crippen LogP contribution is -1.99. The van der Waals surface area contributed by atoms with Crippen molar-refractivity contribution in [2.75, 3.05) is 6.54 Å². The van der Waals surface area contributed by atoms with Gasteiger partial charge in [-0.25, -0.2) is 14.5 Å². The van der Waals surface area contributed by atoms with Crippen molar-refractivity contribution in [3.05, 3.63) is 6.33 Å². The molecule has 1 rings (SSSR count). The van der Waals surface area contributed by atoms with E-state index >= 15 is 0 Å². The van der Waals surface area contributed by atoms with E-state index in [-0.39, 0.29) is 0 Å². The van der Waals surface area contributed by atoms with Crippen molar-refractivity contribution in [2.45, 2.75) is 13.0 Å². The normalized spacial score (nSPS) is 9.09. The molecule has 1 aromatic rings. The van der Waals surface area contributed by atoms with Crippen LogP contribution in [0.25, 0.3) is 0 Å². The van der Waals surface area contributed by atoms with Crippen LogP contribution in [0.15, 0.2) is 11.3 Å². The zero-order valence-electron chi connectivity index (χ0n) is 5.84. The molecule has 0 aliphatic carbocycles. The molecule has 0 amide bonds. The largest absolute Gasteiger partial charge is 0.234 e. The fourth-order valence-corrected chi connectivity index (χ4v) is 0.640. The maximum absolute atomic E-state index is 9.63. The summed E-state index contributed by atoms with van der Waals surface area (Å²) >= 11 is 0. The van der Waals surface area contributed by atoms with Crippen LogP contribution in [-0.2, 0) is 11.3 Å². The summed E-state index contributed by atoms with van der Waals surface area (Å²) < 4.78 is 1.58. The first kappa shape index (κ1) is 7.56. The lowest BCUT2D eigenvalue weighted by molar-refractivity contribution is 0.550. The molecule has 0 aromatic carbocycles. The van der Waals surface area contributed by atoms with Crippen molar-refractivity contribution in [1.82, 2.24) is 20.2 Å². The van der Waals surface area contributed by atoms with Crippen LogP contribution < -0.4 is 0 Å². The first-order valence-electron chi connectivity index (χ1n) is 3.18. The quantitative estimate of drug-likeness (QED) is 0.329. The first-order chi connectivity index (χ1) is 5.43. The van der Waals surface area contributed by atoms with Gasteiger partial charge in [-0.1, -0.05) is 0 Å². The first-order valence-corrected chi connectivity index (χ1v) is 3.18. The number of tetrazole rings is 1. The molecule has 0 fully saturated rings. The summed E-state index contributed by atoms with van der Waals surface area (Å²) in [6.07, 6.45) is 3.73. The zero-order valence-corrected chi connectivity index (χ0v) is 5.84. The van der Waals surface area contributed by atoms with Crippen molar-refractivity contribution in [3.63, 3.8) is 0 Å². The van der Waals surface area contributed by atoms with Crippen molar-refractivity contribution < 1.29 is 4.79 Å². The van der Waals surface area contributed by atoms with Gasteiger partial charge in [0.15, 0.2) is 0 Å². The summed E-state index contributed by atoms with van der Waals surface area (Å²) in [5.74, 6) is 0. The molecule has 0 saturated heterocycles. The highest BCUT2D eigenvalue weighted by Gasteiger charge is 1.90. The highest BCUT2D eigenvalue weighted by Crippen LogP contribution is 1.85. The third-order valence-electron chi connectivity index (χ3n) is 1.11. The Labute approximate surface area is 62.9 Å². The minimum Gasteiger partial charge on any atom is -0.232 e. The van der Waals surface area contributed by atoms with Gasteiger partial charge in [-0.3, -0.25) is 0 Å². The number of nitrogens with zero attached hydrogens (tertiary/aromatic N) is 5. The van der Waals surface area contributed by atoms with E-state index in [1.165, 1.54) is 12.4 Å². The number of aryl methyl sites for hydroxylation is 1. The third-order valence-corrected chi connectivity index (χ3v) is 1.11. The van der Waals surface area contributed by atoms with Crippen LogP contribution in [0.3, 0.4) is 0 Å². The Morgan fingerprint density at radius 3 is 3.18 bits per heavy atom. The van der Waals surface area contributed by atoms with Gasteiger partial charge >= 0.3 is 0 Å². The molecular formula is C5H7N5O. The maximum Gasteiger partial charge on any atom is 0.234 e. The topological polar surface area (TPSA) is 73.0 Å². The number of hydrogen-bond donors (Lipinski definition) is 0. The smallest absolute Gasteiger partial charge is 0.232 e. The van der Waals surface area contributed by atoms with Crippen LogP contribution in [0.5, 0.6) is 0 Å². The monoisotopic (exact) mass is 153 g/mol. The highest BCUT2D eigenvalue weighted by atomic mass is 16.1. The molecule has 6 nitrogen and oxygen atoms in total. The number of hydrogen-bond acceptors (Lipinski definition) is 5. The number of aliphatic imine (C=N–C) groups is 1. The fraction of sp³-hybridized carbons (Fsp3) is 0.600. The van der Waals surface area contributed by atoms with Gasteiger partial charge in [-0.05, 0) is 16.8 Å². The summed E-state index contributed by atoms with van der Waals surface area (Å²) in [4.78, 5) is 13.0. The van der Waals surface area contributed by atoms with Gasteiger partial charge in [0, 0.05) is 6.54 Å². The van der Waals surface area contributed by atoms with E-state index in [1.54, 1.807) is 4.68 Å². The van der Waals surface area contributed by atoms with Crippen molar-refractivity contribution in [3.8, 4) is 0 Å². The average molecular weight is 153 g/mol. The second-order valence-electron chi connectivity index (χ2n) is 1.90. The van der Waals surface area contributed by atoms with Gasteiger partial charge in [0.1, 0.15) is 6.33 Å². The van der Waals surface area contributed by atoms with Gasteiger partial charge in [0.25, 0.3) is 0 Å². The molecule has 0 bridgehead atoms. The molecule has 0 radical (unpaired) electrons. The standard InChI is InChI=1S/C5H7N5O/c11-5-6-2-1-3-10-4-7-8-9-10/h4H,1-3H2. The number of isocyanates is 1. The second kappa shape index (κ2) is 4.29. The number of carbonyl (C=O) groups excluding carboxylic acids is 1. The third kappa shape index (κ3) is 2.68. The molecule has 1 aromatic heterocycles.